The van der Waals surface area contributed by atoms with Gasteiger partial charge in [-0.15, -0.1) is 0 Å². The van der Waals surface area contributed by atoms with Crippen molar-refractivity contribution < 1.29 is 23.1 Å². The number of aliphatic carboxylic acids is 1. The number of hydrogen-bond donors (Lipinski definition) is 4. The van der Waals surface area contributed by atoms with E-state index in [-0.39, 0.29) is 17.0 Å². The van der Waals surface area contributed by atoms with E-state index in [1.165, 1.54) is 24.7 Å². The Labute approximate surface area is 141 Å². The molecular weight excluding hydrogens is 360 g/mol. The number of H-pyrrole nitrogens is 1. The monoisotopic (exact) mass is 372 g/mol. The number of nitrogens with one attached hydrogen (secondary N) is 2. The number of nitrogens with two attached hydrogens (primary N) is 1. The van der Waals surface area contributed by atoms with E-state index >= 15 is 0 Å². The van der Waals surface area contributed by atoms with Gasteiger partial charge in [0, 0.05) is 23.9 Å². The summed E-state index contributed by atoms with van der Waals surface area (Å²) in [5.74, 6) is -2.03. The summed E-state index contributed by atoms with van der Waals surface area (Å²) in [6.07, 6.45) is 2.80. The molecule has 9 nitrogen and oxygen atoms in total. The molecular formula is C13H13ClN4O5S. The number of carboxylic acid groups (broad SMARTS) is 1. The highest BCUT2D eigenvalue weighted by molar-refractivity contribution is 7.89. The van der Waals surface area contributed by atoms with Crippen LogP contribution in [-0.4, -0.2) is 41.4 Å². The Kier molecular flexibility index (Phi) is 5.22. The molecule has 1 heterocycles. The number of carbonyl (C=O) groups excluding carboxylic acids is 1. The molecule has 1 aromatic heterocycles. The van der Waals surface area contributed by atoms with Gasteiger partial charge in [-0.3, -0.25) is 4.79 Å². The molecule has 0 unspecified atom stereocenters. The molecule has 2 aromatic rings. The van der Waals surface area contributed by atoms with Crippen molar-refractivity contribution in [2.45, 2.75) is 17.4 Å². The summed E-state index contributed by atoms with van der Waals surface area (Å²) in [5.41, 5.74) is 0.434. The molecule has 0 saturated carbocycles. The molecule has 11 heteroatoms. The van der Waals surface area contributed by atoms with Crippen LogP contribution in [0.25, 0.3) is 0 Å². The molecule has 0 radical (unpaired) electrons. The number of hydrogen-bond acceptors (Lipinski definition) is 5. The summed E-state index contributed by atoms with van der Waals surface area (Å²) in [7, 11) is -4.12. The quantitative estimate of drug-likeness (QED) is 0.565. The van der Waals surface area contributed by atoms with E-state index in [0.29, 0.717) is 5.69 Å². The van der Waals surface area contributed by atoms with E-state index in [9.17, 15) is 23.1 Å². The minimum Gasteiger partial charge on any atom is -0.480 e. The number of rotatable bonds is 6. The average molecular weight is 373 g/mol. The second-order valence-electron chi connectivity index (χ2n) is 4.84. The molecule has 0 bridgehead atoms. The molecule has 1 aromatic carbocycles. The third kappa shape index (κ3) is 4.31. The zero-order valence-electron chi connectivity index (χ0n) is 12.1. The Morgan fingerprint density at radius 2 is 2.12 bits per heavy atom. The lowest BCUT2D eigenvalue weighted by Gasteiger charge is -2.14. The average Bonchev–Trinajstić information content (AvgIpc) is 2.98. The smallest absolute Gasteiger partial charge is 0.326 e. The Bertz CT molecular complexity index is 866. The summed E-state index contributed by atoms with van der Waals surface area (Å²) >= 11 is 5.74. The number of halogens is 1. The predicted octanol–water partition coefficient (Wildman–Crippen LogP) is 0.136. The van der Waals surface area contributed by atoms with Crippen LogP contribution in [-0.2, 0) is 21.2 Å². The molecule has 0 aliphatic rings. The number of aromatic nitrogens is 2. The van der Waals surface area contributed by atoms with Crippen molar-refractivity contribution in [1.82, 2.24) is 15.3 Å². The lowest BCUT2D eigenvalue weighted by atomic mass is 10.1. The van der Waals surface area contributed by atoms with E-state index in [2.05, 4.69) is 15.3 Å². The number of amides is 1. The fourth-order valence-corrected chi connectivity index (χ4v) is 2.99. The number of imidazole rings is 1. The molecule has 24 heavy (non-hydrogen) atoms. The SMILES string of the molecule is NS(=O)(=O)c1cc(C(=O)N[C@@H](Cc2cnc[nH]2)C(=O)O)ccc1Cl. The number of primary sulfonamides is 1. The van der Waals surface area contributed by atoms with Crippen molar-refractivity contribution in [1.29, 1.82) is 0 Å². The Hall–Kier alpha value is -2.43. The number of carbonyl (C=O) groups is 2. The van der Waals surface area contributed by atoms with E-state index in [0.717, 1.165) is 6.07 Å². The minimum atomic E-state index is -4.12. The van der Waals surface area contributed by atoms with Gasteiger partial charge in [-0.2, -0.15) is 0 Å². The maximum Gasteiger partial charge on any atom is 0.326 e. The highest BCUT2D eigenvalue weighted by Crippen LogP contribution is 2.21. The number of carboxylic acids is 1. The highest BCUT2D eigenvalue weighted by atomic mass is 35.5. The lowest BCUT2D eigenvalue weighted by Crippen LogP contribution is -2.42. The third-order valence-corrected chi connectivity index (χ3v) is 4.47. The van der Waals surface area contributed by atoms with Gasteiger partial charge in [0.05, 0.1) is 11.3 Å². The van der Waals surface area contributed by atoms with Crippen LogP contribution in [0.5, 0.6) is 0 Å². The molecule has 1 atom stereocenters. The van der Waals surface area contributed by atoms with Gasteiger partial charge >= 0.3 is 5.97 Å². The van der Waals surface area contributed by atoms with Crippen LogP contribution in [0.3, 0.4) is 0 Å². The molecule has 5 N–H and O–H groups in total. The van der Waals surface area contributed by atoms with Gasteiger partial charge in [0.2, 0.25) is 10.0 Å². The van der Waals surface area contributed by atoms with Crippen molar-refractivity contribution in [3.8, 4) is 0 Å². The van der Waals surface area contributed by atoms with Crippen molar-refractivity contribution in [2.24, 2.45) is 5.14 Å². The highest BCUT2D eigenvalue weighted by Gasteiger charge is 2.23. The molecule has 0 fully saturated rings. The van der Waals surface area contributed by atoms with Gasteiger partial charge in [0.25, 0.3) is 5.91 Å². The van der Waals surface area contributed by atoms with Gasteiger partial charge in [0.15, 0.2) is 0 Å². The zero-order valence-corrected chi connectivity index (χ0v) is 13.6. The van der Waals surface area contributed by atoms with Crippen LogP contribution in [0, 0.1) is 0 Å². The van der Waals surface area contributed by atoms with E-state index < -0.39 is 32.8 Å². The minimum absolute atomic E-state index is 0.0172. The van der Waals surface area contributed by atoms with Crippen LogP contribution >= 0.6 is 11.6 Å². The Balaban J connectivity index is 2.23. The van der Waals surface area contributed by atoms with Crippen LogP contribution in [0.2, 0.25) is 5.02 Å². The topological polar surface area (TPSA) is 155 Å². The lowest BCUT2D eigenvalue weighted by molar-refractivity contribution is -0.139. The molecule has 0 saturated heterocycles. The predicted molar refractivity (Wildman–Crippen MR) is 84.0 cm³/mol. The van der Waals surface area contributed by atoms with Crippen molar-refractivity contribution in [3.05, 3.63) is 47.0 Å². The maximum absolute atomic E-state index is 12.2. The fourth-order valence-electron chi connectivity index (χ4n) is 1.92. The Morgan fingerprint density at radius 1 is 1.42 bits per heavy atom. The molecule has 2 rings (SSSR count). The summed E-state index contributed by atoms with van der Waals surface area (Å²) in [4.78, 5) is 29.6. The number of benzene rings is 1. The summed E-state index contributed by atoms with van der Waals surface area (Å²) in [6.45, 7) is 0. The second-order valence-corrected chi connectivity index (χ2v) is 6.77. The zero-order chi connectivity index (χ0) is 17.9. The van der Waals surface area contributed by atoms with Gasteiger partial charge < -0.3 is 15.4 Å². The van der Waals surface area contributed by atoms with Gasteiger partial charge in [-0.25, -0.2) is 23.3 Å². The van der Waals surface area contributed by atoms with Gasteiger partial charge in [-0.05, 0) is 18.2 Å². The first-order valence-corrected chi connectivity index (χ1v) is 8.44. The third-order valence-electron chi connectivity index (χ3n) is 3.08. The molecule has 0 aliphatic heterocycles. The first kappa shape index (κ1) is 17.9. The number of sulfonamides is 1. The number of aromatic amines is 1. The second kappa shape index (κ2) is 6.99. The molecule has 128 valence electrons. The molecule has 0 spiro atoms. The van der Waals surface area contributed by atoms with Gasteiger partial charge in [-0.1, -0.05) is 11.6 Å². The van der Waals surface area contributed by atoms with Crippen LogP contribution < -0.4 is 10.5 Å². The van der Waals surface area contributed by atoms with Crippen LogP contribution in [0.4, 0.5) is 0 Å². The summed E-state index contributed by atoms with van der Waals surface area (Å²) in [6, 6.07) is 2.22. The standard InChI is InChI=1S/C13H13ClN4O5S/c14-9-2-1-7(3-11(9)24(15,22)23)12(19)18-10(13(20)21)4-8-5-16-6-17-8/h1-3,5-6,10H,4H2,(H,16,17)(H,18,19)(H,20,21)(H2,15,22,23)/t10-/m0/s1. The normalized spacial score (nSPS) is 12.6. The van der Waals surface area contributed by atoms with Crippen molar-refractivity contribution in [3.63, 3.8) is 0 Å². The Morgan fingerprint density at radius 3 is 2.67 bits per heavy atom. The largest absolute Gasteiger partial charge is 0.480 e. The van der Waals surface area contributed by atoms with E-state index in [1.807, 2.05) is 0 Å². The van der Waals surface area contributed by atoms with Crippen LogP contribution in [0.1, 0.15) is 16.1 Å². The van der Waals surface area contributed by atoms with Crippen LogP contribution in [0.15, 0.2) is 35.6 Å². The van der Waals surface area contributed by atoms with Crippen molar-refractivity contribution in [2.75, 3.05) is 0 Å². The number of nitrogens with zero attached hydrogens (tertiary/aromatic N) is 1. The summed E-state index contributed by atoms with van der Waals surface area (Å²) in [5, 5.41) is 16.4. The first-order valence-electron chi connectivity index (χ1n) is 6.51. The summed E-state index contributed by atoms with van der Waals surface area (Å²) < 4.78 is 22.9. The van der Waals surface area contributed by atoms with E-state index in [1.54, 1.807) is 0 Å². The van der Waals surface area contributed by atoms with Gasteiger partial charge in [0.1, 0.15) is 10.9 Å². The fraction of sp³-hybridized carbons (Fsp3) is 0.154. The molecule has 0 aliphatic carbocycles. The first-order chi connectivity index (χ1) is 11.2. The molecule has 1 amide bonds. The van der Waals surface area contributed by atoms with E-state index in [4.69, 9.17) is 16.7 Å². The van der Waals surface area contributed by atoms with Crippen molar-refractivity contribution >= 4 is 33.5 Å². The maximum atomic E-state index is 12.2.